The monoisotopic (exact) mass is 396 g/mol. The first kappa shape index (κ1) is 18.3. The number of fused-ring (bicyclic) bond motifs is 1. The van der Waals surface area contributed by atoms with Gasteiger partial charge in [0, 0.05) is 5.69 Å². The fourth-order valence-electron chi connectivity index (χ4n) is 2.62. The summed E-state index contributed by atoms with van der Waals surface area (Å²) in [7, 11) is -2.07. The number of anilines is 2. The van der Waals surface area contributed by atoms with E-state index in [-0.39, 0.29) is 6.54 Å². The Bertz CT molecular complexity index is 948. The number of ether oxygens (including phenoxy) is 2. The van der Waals surface area contributed by atoms with E-state index in [1.165, 1.54) is 7.11 Å². The number of rotatable bonds is 4. The number of methoxy groups -OCH3 is 1. The van der Waals surface area contributed by atoms with Gasteiger partial charge in [0.15, 0.2) is 6.10 Å². The normalized spacial score (nSPS) is 16.4. The number of carbonyl (C=O) groups is 1. The van der Waals surface area contributed by atoms with Crippen molar-refractivity contribution in [3.05, 3.63) is 47.5 Å². The molecule has 2 aromatic rings. The van der Waals surface area contributed by atoms with Crippen molar-refractivity contribution in [2.75, 3.05) is 29.5 Å². The molecule has 0 bridgehead atoms. The zero-order valence-electron chi connectivity index (χ0n) is 14.1. The van der Waals surface area contributed by atoms with Crippen molar-refractivity contribution >= 4 is 38.9 Å². The highest BCUT2D eigenvalue weighted by atomic mass is 35.5. The summed E-state index contributed by atoms with van der Waals surface area (Å²) >= 11 is 6.05. The number of hydrogen-bond acceptors (Lipinski definition) is 5. The fraction of sp³-hybridized carbons (Fsp3) is 0.235. The van der Waals surface area contributed by atoms with Gasteiger partial charge in [-0.3, -0.25) is 9.10 Å². The average Bonchev–Trinajstić information content (AvgIpc) is 2.60. The van der Waals surface area contributed by atoms with Gasteiger partial charge in [-0.2, -0.15) is 0 Å². The molecule has 26 heavy (non-hydrogen) atoms. The van der Waals surface area contributed by atoms with Crippen LogP contribution in [0.15, 0.2) is 42.5 Å². The molecular formula is C17H17ClN2O5S. The van der Waals surface area contributed by atoms with Crippen LogP contribution in [0.5, 0.6) is 11.5 Å². The van der Waals surface area contributed by atoms with Gasteiger partial charge in [0.25, 0.3) is 5.91 Å². The molecule has 0 spiro atoms. The van der Waals surface area contributed by atoms with Crippen molar-refractivity contribution in [3.63, 3.8) is 0 Å². The predicted molar refractivity (Wildman–Crippen MR) is 99.7 cm³/mol. The maximum Gasteiger partial charge on any atom is 0.267 e. The molecule has 9 heteroatoms. The van der Waals surface area contributed by atoms with Crippen LogP contribution < -0.4 is 19.1 Å². The topological polar surface area (TPSA) is 84.9 Å². The van der Waals surface area contributed by atoms with Gasteiger partial charge < -0.3 is 14.8 Å². The molecule has 0 saturated heterocycles. The summed E-state index contributed by atoms with van der Waals surface area (Å²) in [6.45, 7) is -0.119. The molecule has 1 aliphatic heterocycles. The number of carbonyl (C=O) groups excluding carboxylic acids is 1. The van der Waals surface area contributed by atoms with Gasteiger partial charge in [0.1, 0.15) is 11.5 Å². The molecule has 0 saturated carbocycles. The van der Waals surface area contributed by atoms with Crippen molar-refractivity contribution in [3.8, 4) is 11.5 Å². The number of halogens is 1. The first-order valence-corrected chi connectivity index (χ1v) is 9.90. The van der Waals surface area contributed by atoms with Crippen LogP contribution in [0.2, 0.25) is 5.02 Å². The van der Waals surface area contributed by atoms with Crippen molar-refractivity contribution in [2.24, 2.45) is 0 Å². The quantitative estimate of drug-likeness (QED) is 0.858. The lowest BCUT2D eigenvalue weighted by Gasteiger charge is -2.33. The second-order valence-corrected chi connectivity index (χ2v) is 8.02. The second-order valence-electron chi connectivity index (χ2n) is 5.71. The van der Waals surface area contributed by atoms with Gasteiger partial charge in [0.2, 0.25) is 10.0 Å². The minimum Gasteiger partial charge on any atom is -0.495 e. The zero-order chi connectivity index (χ0) is 18.9. The summed E-state index contributed by atoms with van der Waals surface area (Å²) < 4.78 is 36.1. The van der Waals surface area contributed by atoms with Crippen LogP contribution in [0, 0.1) is 0 Å². The van der Waals surface area contributed by atoms with Gasteiger partial charge in [0.05, 0.1) is 30.6 Å². The Morgan fingerprint density at radius 1 is 1.31 bits per heavy atom. The Labute approximate surface area is 156 Å². The van der Waals surface area contributed by atoms with Crippen LogP contribution in [0.3, 0.4) is 0 Å². The van der Waals surface area contributed by atoms with Gasteiger partial charge in [-0.15, -0.1) is 0 Å². The highest BCUT2D eigenvalue weighted by Crippen LogP contribution is 2.35. The first-order chi connectivity index (χ1) is 12.3. The minimum absolute atomic E-state index is 0.119. The summed E-state index contributed by atoms with van der Waals surface area (Å²) in [6, 6.07) is 11.5. The van der Waals surface area contributed by atoms with Crippen molar-refractivity contribution in [1.82, 2.24) is 0 Å². The number of sulfonamides is 1. The molecule has 0 aromatic heterocycles. The summed E-state index contributed by atoms with van der Waals surface area (Å²) in [5.41, 5.74) is 0.862. The third-order valence-electron chi connectivity index (χ3n) is 3.85. The maximum atomic E-state index is 12.6. The lowest BCUT2D eigenvalue weighted by molar-refractivity contribution is -0.122. The molecule has 1 N–H and O–H groups in total. The van der Waals surface area contributed by atoms with Crippen molar-refractivity contribution in [2.45, 2.75) is 6.10 Å². The Kier molecular flexibility index (Phi) is 4.97. The van der Waals surface area contributed by atoms with E-state index in [1.54, 1.807) is 42.5 Å². The van der Waals surface area contributed by atoms with Crippen LogP contribution in [0.25, 0.3) is 0 Å². The molecule has 3 rings (SSSR count). The maximum absolute atomic E-state index is 12.6. The lowest BCUT2D eigenvalue weighted by atomic mass is 10.2. The second kappa shape index (κ2) is 7.05. The molecule has 0 fully saturated rings. The number of amides is 1. The fourth-order valence-corrected chi connectivity index (χ4v) is 3.79. The minimum atomic E-state index is -3.56. The Hall–Kier alpha value is -2.45. The van der Waals surface area contributed by atoms with E-state index in [0.29, 0.717) is 27.9 Å². The number of hydrogen-bond donors (Lipinski definition) is 1. The van der Waals surface area contributed by atoms with E-state index in [4.69, 9.17) is 21.1 Å². The Morgan fingerprint density at radius 3 is 2.69 bits per heavy atom. The molecule has 2 aromatic carbocycles. The number of benzene rings is 2. The standard InChI is InChI=1S/C17H17ClN2O5S/c1-24-14-8-7-11(9-12(14)18)19-17(21)16-10-20(26(2,22)23)13-5-3-4-6-15(13)25-16/h3-9,16H,10H2,1-2H3,(H,19,21)/t16-/m1/s1. The van der Waals surface area contributed by atoms with Crippen LogP contribution >= 0.6 is 11.6 Å². The average molecular weight is 397 g/mol. The zero-order valence-corrected chi connectivity index (χ0v) is 15.7. The van der Waals surface area contributed by atoms with Gasteiger partial charge >= 0.3 is 0 Å². The largest absolute Gasteiger partial charge is 0.495 e. The molecule has 1 atom stereocenters. The van der Waals surface area contributed by atoms with Gasteiger partial charge in [-0.05, 0) is 30.3 Å². The molecule has 0 radical (unpaired) electrons. The highest BCUT2D eigenvalue weighted by molar-refractivity contribution is 7.92. The molecule has 7 nitrogen and oxygen atoms in total. The van der Waals surface area contributed by atoms with E-state index in [1.807, 2.05) is 0 Å². The van der Waals surface area contributed by atoms with Gasteiger partial charge in [-0.25, -0.2) is 8.42 Å². The van der Waals surface area contributed by atoms with Gasteiger partial charge in [-0.1, -0.05) is 23.7 Å². The number of nitrogens with zero attached hydrogens (tertiary/aromatic N) is 1. The predicted octanol–water partition coefficient (Wildman–Crippen LogP) is 2.51. The summed E-state index contributed by atoms with van der Waals surface area (Å²) in [4.78, 5) is 12.6. The molecule has 1 amide bonds. The molecule has 1 heterocycles. The Morgan fingerprint density at radius 2 is 2.04 bits per heavy atom. The SMILES string of the molecule is COc1ccc(NC(=O)[C@H]2CN(S(C)(=O)=O)c3ccccc3O2)cc1Cl. The first-order valence-electron chi connectivity index (χ1n) is 7.67. The van der Waals surface area contributed by atoms with E-state index in [2.05, 4.69) is 5.32 Å². The van der Waals surface area contributed by atoms with E-state index in [0.717, 1.165) is 10.6 Å². The summed E-state index contributed by atoms with van der Waals surface area (Å²) in [5, 5.41) is 3.03. The third kappa shape index (κ3) is 3.71. The van der Waals surface area contributed by atoms with Crippen LogP contribution in [-0.4, -0.2) is 40.3 Å². The third-order valence-corrected chi connectivity index (χ3v) is 5.29. The van der Waals surface area contributed by atoms with E-state index < -0.39 is 22.0 Å². The molecular weight excluding hydrogens is 380 g/mol. The molecule has 0 unspecified atom stereocenters. The van der Waals surface area contributed by atoms with E-state index in [9.17, 15) is 13.2 Å². The highest BCUT2D eigenvalue weighted by Gasteiger charge is 2.34. The molecule has 138 valence electrons. The van der Waals surface area contributed by atoms with Crippen LogP contribution in [-0.2, 0) is 14.8 Å². The lowest BCUT2D eigenvalue weighted by Crippen LogP contribution is -2.48. The Balaban J connectivity index is 1.83. The summed E-state index contributed by atoms with van der Waals surface area (Å²) in [6.07, 6.45) is 0.0911. The van der Waals surface area contributed by atoms with Crippen LogP contribution in [0.1, 0.15) is 0 Å². The van der Waals surface area contributed by atoms with E-state index >= 15 is 0 Å². The molecule has 0 aliphatic carbocycles. The smallest absolute Gasteiger partial charge is 0.267 e. The molecule has 1 aliphatic rings. The van der Waals surface area contributed by atoms with Crippen molar-refractivity contribution in [1.29, 1.82) is 0 Å². The van der Waals surface area contributed by atoms with Crippen molar-refractivity contribution < 1.29 is 22.7 Å². The van der Waals surface area contributed by atoms with Crippen LogP contribution in [0.4, 0.5) is 11.4 Å². The summed E-state index contributed by atoms with van der Waals surface area (Å²) in [5.74, 6) is 0.335. The number of nitrogens with one attached hydrogen (secondary N) is 1. The number of para-hydroxylation sites is 2.